The Morgan fingerprint density at radius 2 is 2.29 bits per heavy atom. The molecule has 14 heavy (non-hydrogen) atoms. The Morgan fingerprint density at radius 1 is 1.50 bits per heavy atom. The molecule has 0 aliphatic carbocycles. The summed E-state index contributed by atoms with van der Waals surface area (Å²) in [6.45, 7) is 2.90. The molecule has 0 fully saturated rings. The fraction of sp³-hybridized carbons (Fsp3) is 0.300. The lowest BCUT2D eigenvalue weighted by molar-refractivity contribution is 0.507. The second kappa shape index (κ2) is 3.31. The fourth-order valence-electron chi connectivity index (χ4n) is 1.51. The molecule has 0 aliphatic heterocycles. The Kier molecular flexibility index (Phi) is 2.13. The van der Waals surface area contributed by atoms with Crippen molar-refractivity contribution in [1.29, 1.82) is 0 Å². The number of aryl methyl sites for hydroxylation is 1. The van der Waals surface area contributed by atoms with Gasteiger partial charge in [-0.25, -0.2) is 4.79 Å². The Labute approximate surface area is 80.9 Å². The van der Waals surface area contributed by atoms with Crippen molar-refractivity contribution < 1.29 is 4.42 Å². The van der Waals surface area contributed by atoms with Gasteiger partial charge in [0.1, 0.15) is 0 Å². The first-order chi connectivity index (χ1) is 6.72. The van der Waals surface area contributed by atoms with Crippen LogP contribution in [0.15, 0.2) is 27.4 Å². The number of fused-ring (bicyclic) bond motifs is 1. The molecule has 0 unspecified atom stereocenters. The van der Waals surface area contributed by atoms with Crippen molar-refractivity contribution in [3.05, 3.63) is 34.3 Å². The lowest BCUT2D eigenvalue weighted by Crippen LogP contribution is -2.19. The third-order valence-corrected chi connectivity index (χ3v) is 2.18. The van der Waals surface area contributed by atoms with Crippen molar-refractivity contribution in [3.8, 4) is 0 Å². The third kappa shape index (κ3) is 1.33. The van der Waals surface area contributed by atoms with E-state index in [-0.39, 0.29) is 5.76 Å². The Morgan fingerprint density at radius 3 is 3.00 bits per heavy atom. The highest BCUT2D eigenvalue weighted by atomic mass is 16.4. The minimum absolute atomic E-state index is 0.337. The molecule has 0 saturated heterocycles. The molecule has 0 spiro atoms. The van der Waals surface area contributed by atoms with Crippen LogP contribution in [0.3, 0.4) is 0 Å². The van der Waals surface area contributed by atoms with E-state index in [2.05, 4.69) is 0 Å². The second-order valence-electron chi connectivity index (χ2n) is 3.28. The molecule has 0 radical (unpaired) electrons. The SMILES string of the molecule is Cc1ccc2oc(=O)n(CCN)c2c1. The molecule has 74 valence electrons. The van der Waals surface area contributed by atoms with Gasteiger partial charge in [0, 0.05) is 13.1 Å². The van der Waals surface area contributed by atoms with Crippen LogP contribution in [-0.4, -0.2) is 11.1 Å². The zero-order valence-electron chi connectivity index (χ0n) is 7.99. The molecule has 0 amide bonds. The minimum atomic E-state index is -0.337. The van der Waals surface area contributed by atoms with E-state index < -0.39 is 0 Å². The van der Waals surface area contributed by atoms with E-state index in [9.17, 15) is 4.79 Å². The molecule has 4 heteroatoms. The fourth-order valence-corrected chi connectivity index (χ4v) is 1.51. The Bertz CT molecular complexity index is 510. The molecule has 1 heterocycles. The average Bonchev–Trinajstić information content (AvgIpc) is 2.45. The number of hydrogen-bond acceptors (Lipinski definition) is 3. The van der Waals surface area contributed by atoms with E-state index in [1.54, 1.807) is 10.6 Å². The van der Waals surface area contributed by atoms with Crippen LogP contribution >= 0.6 is 0 Å². The molecule has 4 nitrogen and oxygen atoms in total. The monoisotopic (exact) mass is 192 g/mol. The maximum atomic E-state index is 11.4. The molecule has 0 bridgehead atoms. The van der Waals surface area contributed by atoms with Crippen LogP contribution in [-0.2, 0) is 6.54 Å². The first kappa shape index (κ1) is 9.02. The standard InChI is InChI=1S/C10H12N2O2/c1-7-2-3-9-8(6-7)12(5-4-11)10(13)14-9/h2-3,6H,4-5,11H2,1H3. The van der Waals surface area contributed by atoms with Gasteiger partial charge in [-0.15, -0.1) is 0 Å². The zero-order chi connectivity index (χ0) is 10.1. The lowest BCUT2D eigenvalue weighted by Gasteiger charge is -1.98. The van der Waals surface area contributed by atoms with Crippen molar-refractivity contribution in [2.24, 2.45) is 5.73 Å². The molecule has 2 aromatic rings. The number of aromatic nitrogens is 1. The van der Waals surface area contributed by atoms with Crippen molar-refractivity contribution >= 4 is 11.1 Å². The summed E-state index contributed by atoms with van der Waals surface area (Å²) in [4.78, 5) is 11.4. The normalized spacial score (nSPS) is 11.0. The minimum Gasteiger partial charge on any atom is -0.408 e. The molecular weight excluding hydrogens is 180 g/mol. The maximum absolute atomic E-state index is 11.4. The van der Waals surface area contributed by atoms with Crippen LogP contribution in [0.25, 0.3) is 11.1 Å². The number of nitrogens with zero attached hydrogens (tertiary/aromatic N) is 1. The lowest BCUT2D eigenvalue weighted by atomic mass is 10.2. The molecule has 1 aromatic heterocycles. The van der Waals surface area contributed by atoms with Gasteiger partial charge in [-0.05, 0) is 24.6 Å². The summed E-state index contributed by atoms with van der Waals surface area (Å²) in [7, 11) is 0. The van der Waals surface area contributed by atoms with E-state index in [1.807, 2.05) is 19.1 Å². The largest absolute Gasteiger partial charge is 0.419 e. The predicted molar refractivity (Wildman–Crippen MR) is 54.3 cm³/mol. The summed E-state index contributed by atoms with van der Waals surface area (Å²) < 4.78 is 6.62. The van der Waals surface area contributed by atoms with E-state index in [0.717, 1.165) is 11.1 Å². The predicted octanol–water partition coefficient (Wildman–Crippen LogP) is 0.862. The summed E-state index contributed by atoms with van der Waals surface area (Å²) in [6.07, 6.45) is 0. The van der Waals surface area contributed by atoms with Gasteiger partial charge >= 0.3 is 5.76 Å². The highest BCUT2D eigenvalue weighted by Gasteiger charge is 2.07. The molecular formula is C10H12N2O2. The van der Waals surface area contributed by atoms with Crippen LogP contribution in [0.4, 0.5) is 0 Å². The van der Waals surface area contributed by atoms with Crippen molar-refractivity contribution in [2.75, 3.05) is 6.54 Å². The number of rotatable bonds is 2. The van der Waals surface area contributed by atoms with Crippen LogP contribution < -0.4 is 11.5 Å². The van der Waals surface area contributed by atoms with E-state index >= 15 is 0 Å². The highest BCUT2D eigenvalue weighted by Crippen LogP contribution is 2.13. The van der Waals surface area contributed by atoms with Gasteiger partial charge < -0.3 is 10.2 Å². The van der Waals surface area contributed by atoms with Crippen LogP contribution in [0.5, 0.6) is 0 Å². The summed E-state index contributed by atoms with van der Waals surface area (Å²) >= 11 is 0. The molecule has 0 atom stereocenters. The van der Waals surface area contributed by atoms with E-state index in [4.69, 9.17) is 10.2 Å². The van der Waals surface area contributed by atoms with E-state index in [1.165, 1.54) is 0 Å². The zero-order valence-corrected chi connectivity index (χ0v) is 7.99. The first-order valence-corrected chi connectivity index (χ1v) is 4.52. The molecule has 0 aliphatic rings. The number of benzene rings is 1. The van der Waals surface area contributed by atoms with Gasteiger partial charge in [-0.2, -0.15) is 0 Å². The Hall–Kier alpha value is -1.55. The Balaban J connectivity index is 2.73. The number of oxazole rings is 1. The summed E-state index contributed by atoms with van der Waals surface area (Å²) in [6, 6.07) is 5.65. The first-order valence-electron chi connectivity index (χ1n) is 4.52. The molecule has 2 rings (SSSR count). The second-order valence-corrected chi connectivity index (χ2v) is 3.28. The van der Waals surface area contributed by atoms with E-state index in [0.29, 0.717) is 18.7 Å². The average molecular weight is 192 g/mol. The van der Waals surface area contributed by atoms with Crippen molar-refractivity contribution in [3.63, 3.8) is 0 Å². The number of nitrogens with two attached hydrogens (primary N) is 1. The van der Waals surface area contributed by atoms with Gasteiger partial charge in [0.05, 0.1) is 5.52 Å². The maximum Gasteiger partial charge on any atom is 0.419 e. The van der Waals surface area contributed by atoms with Gasteiger partial charge in [-0.3, -0.25) is 4.57 Å². The summed E-state index contributed by atoms with van der Waals surface area (Å²) in [5, 5.41) is 0. The summed E-state index contributed by atoms with van der Waals surface area (Å²) in [5.41, 5.74) is 7.96. The highest BCUT2D eigenvalue weighted by molar-refractivity contribution is 5.73. The van der Waals surface area contributed by atoms with Gasteiger partial charge in [-0.1, -0.05) is 6.07 Å². The third-order valence-electron chi connectivity index (χ3n) is 2.18. The van der Waals surface area contributed by atoms with Crippen LogP contribution in [0.1, 0.15) is 5.56 Å². The molecule has 1 aromatic carbocycles. The number of hydrogen-bond donors (Lipinski definition) is 1. The van der Waals surface area contributed by atoms with Gasteiger partial charge in [0.25, 0.3) is 0 Å². The summed E-state index contributed by atoms with van der Waals surface area (Å²) in [5.74, 6) is -0.337. The smallest absolute Gasteiger partial charge is 0.408 e. The topological polar surface area (TPSA) is 61.2 Å². The molecule has 0 saturated carbocycles. The van der Waals surface area contributed by atoms with Gasteiger partial charge in [0.2, 0.25) is 0 Å². The van der Waals surface area contributed by atoms with Gasteiger partial charge in [0.15, 0.2) is 5.58 Å². The van der Waals surface area contributed by atoms with Crippen LogP contribution in [0.2, 0.25) is 0 Å². The van der Waals surface area contributed by atoms with Crippen molar-refractivity contribution in [1.82, 2.24) is 4.57 Å². The quantitative estimate of drug-likeness (QED) is 0.767. The van der Waals surface area contributed by atoms with Crippen LogP contribution in [0, 0.1) is 6.92 Å². The van der Waals surface area contributed by atoms with Crippen molar-refractivity contribution in [2.45, 2.75) is 13.5 Å². The molecule has 2 N–H and O–H groups in total.